The molecule has 1 heterocycles. The average molecular weight is 370 g/mol. The fourth-order valence-corrected chi connectivity index (χ4v) is 2.98. The van der Waals surface area contributed by atoms with Crippen molar-refractivity contribution in [2.75, 3.05) is 0 Å². The summed E-state index contributed by atoms with van der Waals surface area (Å²) in [4.78, 5) is 24.7. The standard InChI is InChI=1S/C22H31N3O2/c1-6-7-14-25-20(26)13-12-19(24-25)22(27)23-21(16(4)5)18-10-8-17(9-11-18)15(2)3/h8-13,15-16,21H,6-7,14H2,1-5H3,(H,23,27). The molecule has 0 radical (unpaired) electrons. The SMILES string of the molecule is CCCCn1nc(C(=O)NC(c2ccc(C(C)C)cc2)C(C)C)ccc1=O. The number of aryl methyl sites for hydroxylation is 1. The molecule has 5 nitrogen and oxygen atoms in total. The number of carbonyl (C=O) groups excluding carboxylic acids is 1. The maximum atomic E-state index is 12.8. The Hall–Kier alpha value is -2.43. The van der Waals surface area contributed by atoms with Gasteiger partial charge in [0.05, 0.1) is 6.04 Å². The largest absolute Gasteiger partial charge is 0.344 e. The number of nitrogens with one attached hydrogen (secondary N) is 1. The van der Waals surface area contributed by atoms with Crippen LogP contribution in [0.25, 0.3) is 0 Å². The molecule has 146 valence electrons. The van der Waals surface area contributed by atoms with Crippen molar-refractivity contribution in [1.82, 2.24) is 15.1 Å². The summed E-state index contributed by atoms with van der Waals surface area (Å²) in [5.41, 5.74) is 2.44. The molecular formula is C22H31N3O2. The molecule has 0 saturated carbocycles. The average Bonchev–Trinajstić information content (AvgIpc) is 2.65. The third kappa shape index (κ3) is 5.52. The molecule has 27 heavy (non-hydrogen) atoms. The lowest BCUT2D eigenvalue weighted by Gasteiger charge is -2.23. The van der Waals surface area contributed by atoms with Gasteiger partial charge in [-0.05, 0) is 35.4 Å². The molecular weight excluding hydrogens is 338 g/mol. The Bertz CT molecular complexity index is 807. The first-order valence-electron chi connectivity index (χ1n) is 9.82. The molecule has 0 spiro atoms. The maximum absolute atomic E-state index is 12.8. The van der Waals surface area contributed by atoms with E-state index in [4.69, 9.17) is 0 Å². The highest BCUT2D eigenvalue weighted by Crippen LogP contribution is 2.24. The Morgan fingerprint density at radius 1 is 1.04 bits per heavy atom. The van der Waals surface area contributed by atoms with E-state index in [2.05, 4.69) is 69.3 Å². The van der Waals surface area contributed by atoms with Crippen LogP contribution in [0.2, 0.25) is 0 Å². The summed E-state index contributed by atoms with van der Waals surface area (Å²) in [5, 5.41) is 7.33. The minimum absolute atomic E-state index is 0.114. The van der Waals surface area contributed by atoms with Crippen LogP contribution in [0.1, 0.15) is 81.0 Å². The van der Waals surface area contributed by atoms with Crippen molar-refractivity contribution < 1.29 is 4.79 Å². The maximum Gasteiger partial charge on any atom is 0.272 e. The minimum atomic E-state index is -0.258. The van der Waals surface area contributed by atoms with Crippen molar-refractivity contribution in [3.8, 4) is 0 Å². The van der Waals surface area contributed by atoms with Crippen molar-refractivity contribution in [2.45, 2.75) is 66.0 Å². The number of amides is 1. The van der Waals surface area contributed by atoms with E-state index in [1.54, 1.807) is 0 Å². The Morgan fingerprint density at radius 3 is 2.22 bits per heavy atom. The number of hydrogen-bond acceptors (Lipinski definition) is 3. The molecule has 1 N–H and O–H groups in total. The van der Waals surface area contributed by atoms with Crippen LogP contribution in [0.4, 0.5) is 0 Å². The van der Waals surface area contributed by atoms with Gasteiger partial charge in [-0.2, -0.15) is 5.10 Å². The highest BCUT2D eigenvalue weighted by Gasteiger charge is 2.20. The molecule has 1 unspecified atom stereocenters. The molecule has 0 fully saturated rings. The number of hydrogen-bond donors (Lipinski definition) is 1. The molecule has 1 aromatic carbocycles. The van der Waals surface area contributed by atoms with E-state index in [1.807, 2.05) is 0 Å². The lowest BCUT2D eigenvalue weighted by Crippen LogP contribution is -2.34. The summed E-state index contributed by atoms with van der Waals surface area (Å²) < 4.78 is 1.38. The van der Waals surface area contributed by atoms with E-state index in [1.165, 1.54) is 22.4 Å². The molecule has 1 atom stereocenters. The first-order valence-corrected chi connectivity index (χ1v) is 9.82. The molecule has 0 aliphatic heterocycles. The van der Waals surface area contributed by atoms with Crippen molar-refractivity contribution in [3.63, 3.8) is 0 Å². The monoisotopic (exact) mass is 369 g/mol. The highest BCUT2D eigenvalue weighted by atomic mass is 16.2. The first-order chi connectivity index (χ1) is 12.8. The number of benzene rings is 1. The van der Waals surface area contributed by atoms with Crippen LogP contribution in [0.3, 0.4) is 0 Å². The summed E-state index contributed by atoms with van der Waals surface area (Å²) in [7, 11) is 0. The molecule has 0 aliphatic carbocycles. The van der Waals surface area contributed by atoms with Crippen molar-refractivity contribution in [3.05, 3.63) is 63.6 Å². The van der Waals surface area contributed by atoms with Crippen LogP contribution in [-0.2, 0) is 6.54 Å². The minimum Gasteiger partial charge on any atom is -0.344 e. The topological polar surface area (TPSA) is 64.0 Å². The summed E-state index contributed by atoms with van der Waals surface area (Å²) in [6.45, 7) is 11.1. The van der Waals surface area contributed by atoms with E-state index in [9.17, 15) is 9.59 Å². The van der Waals surface area contributed by atoms with Crippen molar-refractivity contribution in [2.24, 2.45) is 5.92 Å². The van der Waals surface area contributed by atoms with E-state index >= 15 is 0 Å². The van der Waals surface area contributed by atoms with Crippen LogP contribution in [0.15, 0.2) is 41.2 Å². The van der Waals surface area contributed by atoms with Gasteiger partial charge in [0.2, 0.25) is 0 Å². The summed E-state index contributed by atoms with van der Waals surface area (Å²) >= 11 is 0. The van der Waals surface area contributed by atoms with Crippen LogP contribution in [0, 0.1) is 5.92 Å². The first kappa shape index (κ1) is 20.9. The van der Waals surface area contributed by atoms with Gasteiger partial charge in [-0.25, -0.2) is 4.68 Å². The summed E-state index contributed by atoms with van der Waals surface area (Å²) in [6, 6.07) is 11.2. The third-order valence-electron chi connectivity index (χ3n) is 4.74. The quantitative estimate of drug-likeness (QED) is 0.755. The number of rotatable bonds is 8. The van der Waals surface area contributed by atoms with Crippen LogP contribution >= 0.6 is 0 Å². The molecule has 0 bridgehead atoms. The lowest BCUT2D eigenvalue weighted by molar-refractivity contribution is 0.0917. The van der Waals surface area contributed by atoms with Crippen LogP contribution < -0.4 is 10.9 Å². The number of carbonyl (C=O) groups is 1. The fourth-order valence-electron chi connectivity index (χ4n) is 2.98. The summed E-state index contributed by atoms with van der Waals surface area (Å²) in [6.07, 6.45) is 1.82. The van der Waals surface area contributed by atoms with Crippen LogP contribution in [-0.4, -0.2) is 15.7 Å². The molecule has 5 heteroatoms. The second-order valence-electron chi connectivity index (χ2n) is 7.65. The van der Waals surface area contributed by atoms with Gasteiger partial charge in [0.15, 0.2) is 0 Å². The molecule has 0 saturated heterocycles. The van der Waals surface area contributed by atoms with Gasteiger partial charge in [0.1, 0.15) is 5.69 Å². The van der Waals surface area contributed by atoms with Gasteiger partial charge in [-0.3, -0.25) is 9.59 Å². The Labute approximate surface area is 161 Å². The zero-order valence-corrected chi connectivity index (χ0v) is 17.0. The Morgan fingerprint density at radius 2 is 1.67 bits per heavy atom. The second-order valence-corrected chi connectivity index (χ2v) is 7.65. The van der Waals surface area contributed by atoms with E-state index < -0.39 is 0 Å². The molecule has 2 aromatic rings. The number of unbranched alkanes of at least 4 members (excludes halogenated alkanes) is 1. The fraction of sp³-hybridized carbons (Fsp3) is 0.500. The second kappa shape index (κ2) is 9.49. The normalized spacial score (nSPS) is 12.4. The molecule has 1 aromatic heterocycles. The zero-order chi connectivity index (χ0) is 20.0. The highest BCUT2D eigenvalue weighted by molar-refractivity contribution is 5.92. The van der Waals surface area contributed by atoms with Gasteiger partial charge in [0.25, 0.3) is 11.5 Å². The van der Waals surface area contributed by atoms with Gasteiger partial charge in [-0.15, -0.1) is 0 Å². The van der Waals surface area contributed by atoms with Gasteiger partial charge in [0, 0.05) is 12.6 Å². The van der Waals surface area contributed by atoms with Crippen molar-refractivity contribution in [1.29, 1.82) is 0 Å². The van der Waals surface area contributed by atoms with E-state index in [-0.39, 0.29) is 29.1 Å². The van der Waals surface area contributed by atoms with Crippen molar-refractivity contribution >= 4 is 5.91 Å². The Kier molecular flexibility index (Phi) is 7.34. The zero-order valence-electron chi connectivity index (χ0n) is 17.0. The number of nitrogens with zero attached hydrogens (tertiary/aromatic N) is 2. The van der Waals surface area contributed by atoms with E-state index in [0.717, 1.165) is 18.4 Å². The molecule has 0 aliphatic rings. The number of aromatic nitrogens is 2. The van der Waals surface area contributed by atoms with E-state index in [0.29, 0.717) is 12.5 Å². The molecule has 1 amide bonds. The third-order valence-corrected chi connectivity index (χ3v) is 4.74. The Balaban J connectivity index is 2.21. The van der Waals surface area contributed by atoms with Gasteiger partial charge < -0.3 is 5.32 Å². The van der Waals surface area contributed by atoms with Crippen LogP contribution in [0.5, 0.6) is 0 Å². The lowest BCUT2D eigenvalue weighted by atomic mass is 9.93. The van der Waals surface area contributed by atoms with Gasteiger partial charge in [-0.1, -0.05) is 65.3 Å². The predicted octanol–water partition coefficient (Wildman–Crippen LogP) is 4.29. The predicted molar refractivity (Wildman–Crippen MR) is 109 cm³/mol. The summed E-state index contributed by atoms with van der Waals surface area (Å²) in [5.74, 6) is 0.441. The smallest absolute Gasteiger partial charge is 0.272 e. The molecule has 2 rings (SSSR count). The van der Waals surface area contributed by atoms with Gasteiger partial charge >= 0.3 is 0 Å².